The first kappa shape index (κ1) is 23.5. The summed E-state index contributed by atoms with van der Waals surface area (Å²) in [5, 5.41) is 0. The smallest absolute Gasteiger partial charge is 0.306 e. The van der Waals surface area contributed by atoms with Crippen molar-refractivity contribution in [1.82, 2.24) is 0 Å². The minimum absolute atomic E-state index is 0.0371. The minimum Gasteiger partial charge on any atom is -0.466 e. The van der Waals surface area contributed by atoms with Gasteiger partial charge in [-0.15, -0.1) is 0 Å². The number of carbonyl (C=O) groups is 1. The summed E-state index contributed by atoms with van der Waals surface area (Å²) in [5.41, 5.74) is 0. The number of rotatable bonds is 15. The van der Waals surface area contributed by atoms with Crippen molar-refractivity contribution >= 4 is 5.97 Å². The molecule has 0 amide bonds. The second-order valence-corrected chi connectivity index (χ2v) is 8.78. The fourth-order valence-corrected chi connectivity index (χ4v) is 3.07. The second kappa shape index (κ2) is 14.8. The Morgan fingerprint density at radius 2 is 1.25 bits per heavy atom. The normalized spacial score (nSPS) is 14.2. The molecule has 0 N–H and O–H groups in total. The van der Waals surface area contributed by atoms with Gasteiger partial charge in [-0.25, -0.2) is 0 Å². The zero-order valence-corrected chi connectivity index (χ0v) is 17.4. The summed E-state index contributed by atoms with van der Waals surface area (Å²) >= 11 is 0. The Morgan fingerprint density at radius 1 is 0.667 bits per heavy atom. The van der Waals surface area contributed by atoms with Gasteiger partial charge in [0.2, 0.25) is 0 Å². The van der Waals surface area contributed by atoms with Crippen LogP contribution < -0.4 is 0 Å². The lowest BCUT2D eigenvalue weighted by molar-refractivity contribution is -0.144. The lowest BCUT2D eigenvalue weighted by atomic mass is 9.91. The van der Waals surface area contributed by atoms with Crippen molar-refractivity contribution in [2.45, 2.75) is 106 Å². The Morgan fingerprint density at radius 3 is 1.83 bits per heavy atom. The van der Waals surface area contributed by atoms with Gasteiger partial charge in [-0.1, -0.05) is 92.9 Å². The van der Waals surface area contributed by atoms with Crippen LogP contribution in [0.2, 0.25) is 0 Å². The van der Waals surface area contributed by atoms with Crippen LogP contribution in [-0.4, -0.2) is 12.6 Å². The van der Waals surface area contributed by atoms with Crippen LogP contribution in [0.15, 0.2) is 0 Å². The summed E-state index contributed by atoms with van der Waals surface area (Å²) in [5.74, 6) is 2.93. The lowest BCUT2D eigenvalue weighted by Gasteiger charge is -2.15. The highest BCUT2D eigenvalue weighted by molar-refractivity contribution is 5.69. The third-order valence-corrected chi connectivity index (χ3v) is 4.81. The molecule has 0 fully saturated rings. The molecule has 0 aliphatic heterocycles. The number of hydrogen-bond acceptors (Lipinski definition) is 2. The topological polar surface area (TPSA) is 26.3 Å². The van der Waals surface area contributed by atoms with Crippen LogP contribution in [0, 0.1) is 23.7 Å². The number of hydrogen-bond donors (Lipinski definition) is 0. The highest BCUT2D eigenvalue weighted by atomic mass is 16.5. The second-order valence-electron chi connectivity index (χ2n) is 8.78. The standard InChI is InChI=1S/C22H44O2/c1-18(2)14-15-21(6)13-10-12-20(5)11-8-7-9-16-24-22(23)17-19(3)4/h18-21H,7-17H2,1-6H3. The molecule has 2 nitrogen and oxygen atoms in total. The zero-order chi connectivity index (χ0) is 18.4. The fraction of sp³-hybridized carbons (Fsp3) is 0.955. The van der Waals surface area contributed by atoms with Gasteiger partial charge < -0.3 is 4.74 Å². The molecule has 0 aromatic carbocycles. The monoisotopic (exact) mass is 340 g/mol. The van der Waals surface area contributed by atoms with E-state index >= 15 is 0 Å². The van der Waals surface area contributed by atoms with E-state index < -0.39 is 0 Å². The van der Waals surface area contributed by atoms with Gasteiger partial charge in [0.05, 0.1) is 6.61 Å². The van der Waals surface area contributed by atoms with E-state index in [1.54, 1.807) is 0 Å². The van der Waals surface area contributed by atoms with E-state index in [0.717, 1.165) is 24.2 Å². The Labute approximate surface area is 152 Å². The van der Waals surface area contributed by atoms with E-state index in [1.807, 2.05) is 13.8 Å². The van der Waals surface area contributed by atoms with Gasteiger partial charge in [0, 0.05) is 6.42 Å². The molecule has 2 unspecified atom stereocenters. The average molecular weight is 341 g/mol. The van der Waals surface area contributed by atoms with Gasteiger partial charge in [0.1, 0.15) is 0 Å². The van der Waals surface area contributed by atoms with Crippen LogP contribution in [0.3, 0.4) is 0 Å². The highest BCUT2D eigenvalue weighted by Crippen LogP contribution is 2.21. The summed E-state index contributed by atoms with van der Waals surface area (Å²) in [6, 6.07) is 0. The van der Waals surface area contributed by atoms with Crippen molar-refractivity contribution in [3.05, 3.63) is 0 Å². The third-order valence-electron chi connectivity index (χ3n) is 4.81. The molecule has 0 aliphatic rings. The Hall–Kier alpha value is -0.530. The number of unbranched alkanes of at least 4 members (excludes halogenated alkanes) is 2. The van der Waals surface area contributed by atoms with Crippen LogP contribution in [0.5, 0.6) is 0 Å². The molecule has 24 heavy (non-hydrogen) atoms. The predicted octanol–water partition coefficient (Wildman–Crippen LogP) is 7.01. The molecule has 0 saturated carbocycles. The maximum absolute atomic E-state index is 11.4. The molecule has 0 aliphatic carbocycles. The van der Waals surface area contributed by atoms with E-state index in [2.05, 4.69) is 27.7 Å². The molecule has 0 saturated heterocycles. The zero-order valence-electron chi connectivity index (χ0n) is 17.4. The summed E-state index contributed by atoms with van der Waals surface area (Å²) in [6.45, 7) is 14.1. The number of carbonyl (C=O) groups excluding carboxylic acids is 1. The van der Waals surface area contributed by atoms with E-state index in [9.17, 15) is 4.79 Å². The molecule has 0 heterocycles. The Bertz CT molecular complexity index is 296. The Balaban J connectivity index is 3.43. The lowest BCUT2D eigenvalue weighted by Crippen LogP contribution is -2.08. The van der Waals surface area contributed by atoms with Crippen LogP contribution >= 0.6 is 0 Å². The molecule has 0 bridgehead atoms. The van der Waals surface area contributed by atoms with Crippen molar-refractivity contribution in [3.63, 3.8) is 0 Å². The molecule has 2 atom stereocenters. The van der Waals surface area contributed by atoms with Gasteiger partial charge in [-0.3, -0.25) is 4.79 Å². The molecule has 2 heteroatoms. The average Bonchev–Trinajstić information content (AvgIpc) is 2.48. The third kappa shape index (κ3) is 16.3. The molecule has 0 aromatic heterocycles. The van der Waals surface area contributed by atoms with Crippen molar-refractivity contribution in [3.8, 4) is 0 Å². The molecular formula is C22H44O2. The van der Waals surface area contributed by atoms with Crippen LogP contribution in [0.1, 0.15) is 106 Å². The summed E-state index contributed by atoms with van der Waals surface area (Å²) < 4.78 is 5.25. The number of ether oxygens (including phenoxy) is 1. The van der Waals surface area contributed by atoms with Gasteiger partial charge in [0.25, 0.3) is 0 Å². The van der Waals surface area contributed by atoms with E-state index in [0.29, 0.717) is 18.9 Å². The maximum Gasteiger partial charge on any atom is 0.306 e. The van der Waals surface area contributed by atoms with Gasteiger partial charge in [-0.2, -0.15) is 0 Å². The van der Waals surface area contributed by atoms with E-state index in [-0.39, 0.29) is 5.97 Å². The van der Waals surface area contributed by atoms with E-state index in [1.165, 1.54) is 51.4 Å². The first-order chi connectivity index (χ1) is 11.3. The molecule has 0 aromatic rings. The molecule has 0 rings (SSSR count). The summed E-state index contributed by atoms with van der Waals surface area (Å²) in [6.07, 6.45) is 12.2. The van der Waals surface area contributed by atoms with E-state index in [4.69, 9.17) is 4.74 Å². The summed E-state index contributed by atoms with van der Waals surface area (Å²) in [7, 11) is 0. The van der Waals surface area contributed by atoms with Gasteiger partial charge in [0.15, 0.2) is 0 Å². The van der Waals surface area contributed by atoms with Crippen LogP contribution in [0.25, 0.3) is 0 Å². The number of esters is 1. The molecule has 144 valence electrons. The summed E-state index contributed by atoms with van der Waals surface area (Å²) in [4.78, 5) is 11.4. The largest absolute Gasteiger partial charge is 0.466 e. The fourth-order valence-electron chi connectivity index (χ4n) is 3.07. The first-order valence-electron chi connectivity index (χ1n) is 10.5. The Kier molecular flexibility index (Phi) is 14.5. The SMILES string of the molecule is CC(C)CCC(C)CCCC(C)CCCCCOC(=O)CC(C)C. The molecule has 0 radical (unpaired) electrons. The minimum atomic E-state index is -0.0371. The molecule has 0 spiro atoms. The van der Waals surface area contributed by atoms with Crippen molar-refractivity contribution < 1.29 is 9.53 Å². The predicted molar refractivity (Wildman–Crippen MR) is 105 cm³/mol. The van der Waals surface area contributed by atoms with Crippen molar-refractivity contribution in [2.75, 3.05) is 6.61 Å². The van der Waals surface area contributed by atoms with Gasteiger partial charge in [-0.05, 0) is 30.1 Å². The van der Waals surface area contributed by atoms with Crippen LogP contribution in [0.4, 0.5) is 0 Å². The van der Waals surface area contributed by atoms with Gasteiger partial charge >= 0.3 is 5.97 Å². The maximum atomic E-state index is 11.4. The highest BCUT2D eigenvalue weighted by Gasteiger charge is 2.08. The van der Waals surface area contributed by atoms with Crippen LogP contribution in [-0.2, 0) is 9.53 Å². The van der Waals surface area contributed by atoms with Crippen molar-refractivity contribution in [1.29, 1.82) is 0 Å². The molecular weight excluding hydrogens is 296 g/mol. The van der Waals surface area contributed by atoms with Crippen molar-refractivity contribution in [2.24, 2.45) is 23.7 Å². The quantitative estimate of drug-likeness (QED) is 0.236. The first-order valence-corrected chi connectivity index (χ1v) is 10.5.